The Labute approximate surface area is 177 Å². The fourth-order valence-electron chi connectivity index (χ4n) is 3.47. The van der Waals surface area contributed by atoms with Crippen molar-refractivity contribution in [3.8, 4) is 11.3 Å². The number of rotatable bonds is 8. The molecule has 0 aliphatic rings. The summed E-state index contributed by atoms with van der Waals surface area (Å²) in [7, 11) is 0. The largest absolute Gasteiger partial charge is 0.352 e. The highest BCUT2D eigenvalue weighted by molar-refractivity contribution is 5.76. The lowest BCUT2D eigenvalue weighted by atomic mass is 10.1. The third kappa shape index (κ3) is 5.23. The monoisotopic (exact) mass is 395 g/mol. The second kappa shape index (κ2) is 9.70. The lowest BCUT2D eigenvalue weighted by Crippen LogP contribution is -2.23. The summed E-state index contributed by atoms with van der Waals surface area (Å²) in [5.74, 6) is 0.0497. The average molecular weight is 396 g/mol. The van der Waals surface area contributed by atoms with Crippen molar-refractivity contribution >= 4 is 5.91 Å². The summed E-state index contributed by atoms with van der Waals surface area (Å²) in [5, 5.41) is 7.88. The fourth-order valence-corrected chi connectivity index (χ4v) is 3.47. The standard InChI is InChI=1S/C26H25N3O/c30-25(17-16-21-10-4-1-5-11-21)27-18-24-20-29(19-22-12-6-2-7-13-22)28-26(24)23-14-8-3-9-15-23/h1-15,20H,16-19H2,(H,27,30). The lowest BCUT2D eigenvalue weighted by Gasteiger charge is -2.06. The highest BCUT2D eigenvalue weighted by Gasteiger charge is 2.13. The molecule has 0 aliphatic heterocycles. The third-order valence-corrected chi connectivity index (χ3v) is 5.03. The summed E-state index contributed by atoms with van der Waals surface area (Å²) in [6, 6.07) is 30.5. The molecule has 4 nitrogen and oxygen atoms in total. The van der Waals surface area contributed by atoms with Gasteiger partial charge in [0.15, 0.2) is 0 Å². The maximum absolute atomic E-state index is 12.4. The van der Waals surface area contributed by atoms with Crippen LogP contribution < -0.4 is 5.32 Å². The Hall–Kier alpha value is -3.66. The molecule has 1 N–H and O–H groups in total. The van der Waals surface area contributed by atoms with Gasteiger partial charge in [-0.3, -0.25) is 9.48 Å². The Morgan fingerprint density at radius 1 is 0.800 bits per heavy atom. The molecule has 30 heavy (non-hydrogen) atoms. The molecule has 4 aromatic rings. The quantitative estimate of drug-likeness (QED) is 0.464. The van der Waals surface area contributed by atoms with Crippen LogP contribution in [0.1, 0.15) is 23.1 Å². The summed E-state index contributed by atoms with van der Waals surface area (Å²) < 4.78 is 1.95. The summed E-state index contributed by atoms with van der Waals surface area (Å²) in [6.45, 7) is 1.16. The number of hydrogen-bond acceptors (Lipinski definition) is 2. The van der Waals surface area contributed by atoms with Gasteiger partial charge < -0.3 is 5.32 Å². The molecule has 0 bridgehead atoms. The van der Waals surface area contributed by atoms with E-state index in [0.717, 1.165) is 23.2 Å². The number of carbonyl (C=O) groups excluding carboxylic acids is 1. The van der Waals surface area contributed by atoms with Crippen LogP contribution in [-0.2, 0) is 24.3 Å². The Bertz CT molecular complexity index is 1070. The first-order valence-corrected chi connectivity index (χ1v) is 10.2. The van der Waals surface area contributed by atoms with Crippen molar-refractivity contribution in [2.24, 2.45) is 0 Å². The van der Waals surface area contributed by atoms with Crippen LogP contribution in [0, 0.1) is 0 Å². The van der Waals surface area contributed by atoms with Gasteiger partial charge in [-0.15, -0.1) is 0 Å². The molecule has 150 valence electrons. The fraction of sp³-hybridized carbons (Fsp3) is 0.154. The van der Waals surface area contributed by atoms with Gasteiger partial charge >= 0.3 is 0 Å². The van der Waals surface area contributed by atoms with Crippen molar-refractivity contribution in [3.05, 3.63) is 114 Å². The molecule has 4 heteroatoms. The first kappa shape index (κ1) is 19.6. The van der Waals surface area contributed by atoms with E-state index in [2.05, 4.69) is 41.7 Å². The number of carbonyl (C=O) groups is 1. The molecular weight excluding hydrogens is 370 g/mol. The zero-order valence-electron chi connectivity index (χ0n) is 16.9. The molecule has 0 radical (unpaired) electrons. The zero-order valence-corrected chi connectivity index (χ0v) is 16.9. The van der Waals surface area contributed by atoms with Crippen molar-refractivity contribution in [2.75, 3.05) is 0 Å². The van der Waals surface area contributed by atoms with Crippen LogP contribution >= 0.6 is 0 Å². The van der Waals surface area contributed by atoms with Crippen molar-refractivity contribution in [1.82, 2.24) is 15.1 Å². The molecular formula is C26H25N3O. The minimum Gasteiger partial charge on any atom is -0.352 e. The van der Waals surface area contributed by atoms with Gasteiger partial charge in [0, 0.05) is 30.3 Å². The number of nitrogens with one attached hydrogen (secondary N) is 1. The molecule has 0 fully saturated rings. The normalized spacial score (nSPS) is 10.7. The van der Waals surface area contributed by atoms with Gasteiger partial charge in [0.1, 0.15) is 0 Å². The zero-order chi connectivity index (χ0) is 20.6. The maximum Gasteiger partial charge on any atom is 0.220 e. The van der Waals surface area contributed by atoms with Crippen LogP contribution in [0.15, 0.2) is 97.2 Å². The summed E-state index contributed by atoms with van der Waals surface area (Å²) in [5.41, 5.74) is 5.35. The highest BCUT2D eigenvalue weighted by atomic mass is 16.1. The van der Waals surface area contributed by atoms with Crippen molar-refractivity contribution in [1.29, 1.82) is 0 Å². The van der Waals surface area contributed by atoms with Crippen molar-refractivity contribution in [3.63, 3.8) is 0 Å². The van der Waals surface area contributed by atoms with Crippen LogP contribution in [0.3, 0.4) is 0 Å². The van der Waals surface area contributed by atoms with E-state index in [1.54, 1.807) is 0 Å². The number of aromatic nitrogens is 2. The van der Waals surface area contributed by atoms with Gasteiger partial charge in [-0.1, -0.05) is 91.0 Å². The Kier molecular flexibility index (Phi) is 6.35. The molecule has 0 aliphatic carbocycles. The molecule has 0 atom stereocenters. The van der Waals surface area contributed by atoms with E-state index in [-0.39, 0.29) is 5.91 Å². The van der Waals surface area contributed by atoms with E-state index in [4.69, 9.17) is 5.10 Å². The molecule has 1 heterocycles. The van der Waals surface area contributed by atoms with E-state index < -0.39 is 0 Å². The second-order valence-electron chi connectivity index (χ2n) is 7.31. The average Bonchev–Trinajstić information content (AvgIpc) is 3.21. The minimum atomic E-state index is 0.0497. The third-order valence-electron chi connectivity index (χ3n) is 5.03. The van der Waals surface area contributed by atoms with Crippen molar-refractivity contribution < 1.29 is 4.79 Å². The van der Waals surface area contributed by atoms with Gasteiger partial charge in [-0.25, -0.2) is 0 Å². The number of benzene rings is 3. The first-order valence-electron chi connectivity index (χ1n) is 10.2. The van der Waals surface area contributed by atoms with Crippen molar-refractivity contribution in [2.45, 2.75) is 25.9 Å². The smallest absolute Gasteiger partial charge is 0.220 e. The number of nitrogens with zero attached hydrogens (tertiary/aromatic N) is 2. The first-order chi connectivity index (χ1) is 14.8. The van der Waals surface area contributed by atoms with Crippen LogP contribution in [0.25, 0.3) is 11.3 Å². The summed E-state index contributed by atoms with van der Waals surface area (Å²) in [6.07, 6.45) is 3.25. The SMILES string of the molecule is O=C(CCc1ccccc1)NCc1cn(Cc2ccccc2)nc1-c1ccccc1. The van der Waals surface area contributed by atoms with E-state index in [0.29, 0.717) is 19.5 Å². The van der Waals surface area contributed by atoms with Gasteiger partial charge in [-0.05, 0) is 17.5 Å². The highest BCUT2D eigenvalue weighted by Crippen LogP contribution is 2.22. The van der Waals surface area contributed by atoms with Gasteiger partial charge in [0.05, 0.1) is 12.2 Å². The van der Waals surface area contributed by atoms with Gasteiger partial charge in [-0.2, -0.15) is 5.10 Å². The van der Waals surface area contributed by atoms with Gasteiger partial charge in [0.2, 0.25) is 5.91 Å². The Balaban J connectivity index is 1.46. The van der Waals surface area contributed by atoms with Crippen LogP contribution in [0.2, 0.25) is 0 Å². The molecule has 0 saturated carbocycles. The predicted molar refractivity (Wildman–Crippen MR) is 120 cm³/mol. The molecule has 0 unspecified atom stereocenters. The molecule has 4 rings (SSSR count). The molecule has 0 saturated heterocycles. The van der Waals surface area contributed by atoms with E-state index in [1.165, 1.54) is 11.1 Å². The Morgan fingerprint density at radius 3 is 2.07 bits per heavy atom. The maximum atomic E-state index is 12.4. The molecule has 0 spiro atoms. The van der Waals surface area contributed by atoms with E-state index >= 15 is 0 Å². The van der Waals surface area contributed by atoms with E-state index in [1.807, 2.05) is 65.5 Å². The number of aryl methyl sites for hydroxylation is 1. The predicted octanol–water partition coefficient (Wildman–Crippen LogP) is 4.85. The number of amides is 1. The molecule has 3 aromatic carbocycles. The second-order valence-corrected chi connectivity index (χ2v) is 7.31. The molecule has 1 aromatic heterocycles. The lowest BCUT2D eigenvalue weighted by molar-refractivity contribution is -0.121. The van der Waals surface area contributed by atoms with Gasteiger partial charge in [0.25, 0.3) is 0 Å². The van der Waals surface area contributed by atoms with E-state index in [9.17, 15) is 4.79 Å². The molecule has 1 amide bonds. The van der Waals surface area contributed by atoms with Crippen LogP contribution in [-0.4, -0.2) is 15.7 Å². The topological polar surface area (TPSA) is 46.9 Å². The van der Waals surface area contributed by atoms with Crippen LogP contribution in [0.4, 0.5) is 0 Å². The summed E-state index contributed by atoms with van der Waals surface area (Å²) in [4.78, 5) is 12.4. The number of hydrogen-bond donors (Lipinski definition) is 1. The van der Waals surface area contributed by atoms with Crippen LogP contribution in [0.5, 0.6) is 0 Å². The summed E-state index contributed by atoms with van der Waals surface area (Å²) >= 11 is 0. The Morgan fingerprint density at radius 2 is 1.40 bits per heavy atom. The minimum absolute atomic E-state index is 0.0497.